The Balaban J connectivity index is 2.33. The summed E-state index contributed by atoms with van der Waals surface area (Å²) in [5.74, 6) is -2.30. The van der Waals surface area contributed by atoms with E-state index in [0.717, 1.165) is 18.4 Å². The van der Waals surface area contributed by atoms with Gasteiger partial charge in [-0.15, -0.1) is 0 Å². The van der Waals surface area contributed by atoms with E-state index < -0.39 is 23.7 Å². The molecule has 1 N–H and O–H groups in total. The van der Waals surface area contributed by atoms with Crippen LogP contribution in [0.1, 0.15) is 35.7 Å². The van der Waals surface area contributed by atoms with Crippen LogP contribution >= 0.6 is 0 Å². The highest BCUT2D eigenvalue weighted by Crippen LogP contribution is 2.26. The number of halogens is 1. The van der Waals surface area contributed by atoms with Gasteiger partial charge in [0.1, 0.15) is 11.9 Å². The summed E-state index contributed by atoms with van der Waals surface area (Å²) in [6.07, 6.45) is 1.50. The first kappa shape index (κ1) is 14.5. The zero-order valence-electron chi connectivity index (χ0n) is 11.6. The van der Waals surface area contributed by atoms with Gasteiger partial charge in [0.25, 0.3) is 5.91 Å². The van der Waals surface area contributed by atoms with Gasteiger partial charge in [-0.3, -0.25) is 4.79 Å². The van der Waals surface area contributed by atoms with Gasteiger partial charge in [0.2, 0.25) is 0 Å². The minimum absolute atomic E-state index is 0.0593. The smallest absolute Gasteiger partial charge is 0.326 e. The minimum atomic E-state index is -1.03. The van der Waals surface area contributed by atoms with Gasteiger partial charge in [-0.1, -0.05) is 13.0 Å². The zero-order valence-corrected chi connectivity index (χ0v) is 11.6. The van der Waals surface area contributed by atoms with Crippen LogP contribution in [0, 0.1) is 18.7 Å². The highest BCUT2D eigenvalue weighted by atomic mass is 19.1. The standard InChI is InChI=1S/C15H18FNO3/c1-9-5-6-11(12(16)8-9)14(18)17-7-3-4-10(2)13(17)15(19)20/h5-6,8,10,13H,3-4,7H2,1-2H3,(H,19,20). The Morgan fingerprint density at radius 3 is 2.70 bits per heavy atom. The Morgan fingerprint density at radius 1 is 1.40 bits per heavy atom. The van der Waals surface area contributed by atoms with E-state index in [9.17, 15) is 19.1 Å². The van der Waals surface area contributed by atoms with Gasteiger partial charge in [0.15, 0.2) is 0 Å². The van der Waals surface area contributed by atoms with Gasteiger partial charge >= 0.3 is 5.97 Å². The second kappa shape index (κ2) is 5.61. The zero-order chi connectivity index (χ0) is 14.9. The molecule has 0 aliphatic carbocycles. The molecule has 1 saturated heterocycles. The Morgan fingerprint density at radius 2 is 2.10 bits per heavy atom. The van der Waals surface area contributed by atoms with Crippen LogP contribution in [0.2, 0.25) is 0 Å². The van der Waals surface area contributed by atoms with E-state index in [0.29, 0.717) is 6.54 Å². The van der Waals surface area contributed by atoms with Crippen molar-refractivity contribution >= 4 is 11.9 Å². The Kier molecular flexibility index (Phi) is 4.06. The van der Waals surface area contributed by atoms with Crippen LogP contribution in [0.15, 0.2) is 18.2 Å². The second-order valence-electron chi connectivity index (χ2n) is 5.38. The summed E-state index contributed by atoms with van der Waals surface area (Å²) >= 11 is 0. The molecular weight excluding hydrogens is 261 g/mol. The molecule has 1 aliphatic heterocycles. The van der Waals surface area contributed by atoms with Crippen molar-refractivity contribution in [3.8, 4) is 0 Å². The largest absolute Gasteiger partial charge is 0.480 e. The maximum Gasteiger partial charge on any atom is 0.326 e. The third-order valence-electron chi connectivity index (χ3n) is 3.80. The van der Waals surface area contributed by atoms with Crippen molar-refractivity contribution in [2.24, 2.45) is 5.92 Å². The number of likely N-dealkylation sites (tertiary alicyclic amines) is 1. The van der Waals surface area contributed by atoms with Crippen LogP contribution in [0.25, 0.3) is 0 Å². The van der Waals surface area contributed by atoms with Crippen LogP contribution in [0.4, 0.5) is 4.39 Å². The van der Waals surface area contributed by atoms with Crippen LogP contribution in [0.3, 0.4) is 0 Å². The molecule has 1 aromatic rings. The number of nitrogens with zero attached hydrogens (tertiary/aromatic N) is 1. The Hall–Kier alpha value is -1.91. The lowest BCUT2D eigenvalue weighted by atomic mass is 9.90. The number of carbonyl (C=O) groups is 2. The quantitative estimate of drug-likeness (QED) is 0.904. The molecule has 1 fully saturated rings. The lowest BCUT2D eigenvalue weighted by molar-refractivity contribution is -0.145. The number of aliphatic carboxylic acids is 1. The number of amides is 1. The van der Waals surface area contributed by atoms with Gasteiger partial charge in [-0.25, -0.2) is 9.18 Å². The van der Waals surface area contributed by atoms with Crippen LogP contribution in [0.5, 0.6) is 0 Å². The summed E-state index contributed by atoms with van der Waals surface area (Å²) in [6.45, 7) is 3.90. The van der Waals surface area contributed by atoms with Crippen molar-refractivity contribution < 1.29 is 19.1 Å². The number of rotatable bonds is 2. The molecule has 0 aromatic heterocycles. The first-order chi connectivity index (χ1) is 9.41. The van der Waals surface area contributed by atoms with E-state index in [1.807, 2.05) is 6.92 Å². The maximum absolute atomic E-state index is 13.9. The van der Waals surface area contributed by atoms with Gasteiger partial charge in [-0.2, -0.15) is 0 Å². The average molecular weight is 279 g/mol. The molecular formula is C15H18FNO3. The van der Waals surface area contributed by atoms with E-state index in [-0.39, 0.29) is 11.5 Å². The maximum atomic E-state index is 13.9. The lowest BCUT2D eigenvalue weighted by Crippen LogP contribution is -2.52. The second-order valence-corrected chi connectivity index (χ2v) is 5.38. The van der Waals surface area contributed by atoms with E-state index in [2.05, 4.69) is 0 Å². The molecule has 0 bridgehead atoms. The molecule has 0 radical (unpaired) electrons. The summed E-state index contributed by atoms with van der Waals surface area (Å²) in [4.78, 5) is 25.1. The highest BCUT2D eigenvalue weighted by Gasteiger charge is 2.37. The van der Waals surface area contributed by atoms with Crippen LogP contribution in [-0.4, -0.2) is 34.5 Å². The van der Waals surface area contributed by atoms with Crippen LogP contribution < -0.4 is 0 Å². The first-order valence-electron chi connectivity index (χ1n) is 6.71. The van der Waals surface area contributed by atoms with Crippen molar-refractivity contribution in [1.29, 1.82) is 0 Å². The number of carboxylic acids is 1. The van der Waals surface area contributed by atoms with Crippen molar-refractivity contribution in [1.82, 2.24) is 4.90 Å². The van der Waals surface area contributed by atoms with E-state index in [1.165, 1.54) is 17.0 Å². The topological polar surface area (TPSA) is 57.6 Å². The number of aryl methyl sites for hydroxylation is 1. The molecule has 1 heterocycles. The SMILES string of the molecule is Cc1ccc(C(=O)N2CCCC(C)C2C(=O)O)c(F)c1. The molecule has 4 nitrogen and oxygen atoms in total. The van der Waals surface area contributed by atoms with Gasteiger partial charge < -0.3 is 10.0 Å². The number of hydrogen-bond acceptors (Lipinski definition) is 2. The summed E-state index contributed by atoms with van der Waals surface area (Å²) in [5.41, 5.74) is 0.664. The molecule has 108 valence electrons. The fourth-order valence-electron chi connectivity index (χ4n) is 2.74. The fourth-order valence-corrected chi connectivity index (χ4v) is 2.74. The molecule has 2 rings (SSSR count). The summed E-state index contributed by atoms with van der Waals surface area (Å²) in [5, 5.41) is 9.30. The molecule has 2 unspecified atom stereocenters. The van der Waals surface area contributed by atoms with Gasteiger partial charge in [0.05, 0.1) is 5.56 Å². The minimum Gasteiger partial charge on any atom is -0.480 e. The van der Waals surface area contributed by atoms with Crippen molar-refractivity contribution in [3.63, 3.8) is 0 Å². The lowest BCUT2D eigenvalue weighted by Gasteiger charge is -2.37. The molecule has 0 saturated carbocycles. The number of carbonyl (C=O) groups excluding carboxylic acids is 1. The van der Waals surface area contributed by atoms with E-state index in [1.54, 1.807) is 13.0 Å². The third-order valence-corrected chi connectivity index (χ3v) is 3.80. The van der Waals surface area contributed by atoms with E-state index in [4.69, 9.17) is 0 Å². The monoisotopic (exact) mass is 279 g/mol. The molecule has 2 atom stereocenters. The summed E-state index contributed by atoms with van der Waals surface area (Å²) < 4.78 is 13.9. The van der Waals surface area contributed by atoms with Crippen molar-refractivity contribution in [3.05, 3.63) is 35.1 Å². The van der Waals surface area contributed by atoms with Crippen LogP contribution in [-0.2, 0) is 4.79 Å². The molecule has 1 aromatic carbocycles. The van der Waals surface area contributed by atoms with Crippen molar-refractivity contribution in [2.45, 2.75) is 32.7 Å². The Labute approximate surface area is 117 Å². The third kappa shape index (κ3) is 2.66. The normalized spacial score (nSPS) is 22.6. The van der Waals surface area contributed by atoms with Gasteiger partial charge in [-0.05, 0) is 43.4 Å². The van der Waals surface area contributed by atoms with E-state index >= 15 is 0 Å². The number of hydrogen-bond donors (Lipinski definition) is 1. The fraction of sp³-hybridized carbons (Fsp3) is 0.467. The average Bonchev–Trinajstić information content (AvgIpc) is 2.37. The number of benzene rings is 1. The highest BCUT2D eigenvalue weighted by molar-refractivity contribution is 5.97. The predicted molar refractivity (Wildman–Crippen MR) is 72.0 cm³/mol. The van der Waals surface area contributed by atoms with Gasteiger partial charge in [0, 0.05) is 6.54 Å². The molecule has 1 aliphatic rings. The summed E-state index contributed by atoms with van der Waals surface area (Å²) in [7, 11) is 0. The first-order valence-corrected chi connectivity index (χ1v) is 6.71. The molecule has 5 heteroatoms. The predicted octanol–water partition coefficient (Wildman–Crippen LogP) is 2.46. The number of carboxylic acid groups (broad SMARTS) is 1. The Bertz CT molecular complexity index is 544. The summed E-state index contributed by atoms with van der Waals surface area (Å²) in [6, 6.07) is 3.48. The number of piperidine rings is 1. The molecule has 20 heavy (non-hydrogen) atoms. The molecule has 1 amide bonds. The molecule has 0 spiro atoms. The van der Waals surface area contributed by atoms with Crippen molar-refractivity contribution in [2.75, 3.05) is 6.54 Å².